The van der Waals surface area contributed by atoms with E-state index in [1.807, 2.05) is 30.3 Å². The second-order valence-electron chi connectivity index (χ2n) is 3.48. The van der Waals surface area contributed by atoms with Crippen LogP contribution in [0.3, 0.4) is 0 Å². The molecule has 0 fully saturated rings. The van der Waals surface area contributed by atoms with Gasteiger partial charge in [-0.1, -0.05) is 44.2 Å². The van der Waals surface area contributed by atoms with Crippen LogP contribution in [-0.4, -0.2) is 11.1 Å². The SMILES string of the molecule is O=C(O)/C=C/c1ccccc1.[CH2-]C(C)C.[Fe]. The Morgan fingerprint density at radius 1 is 1.31 bits per heavy atom. The van der Waals surface area contributed by atoms with E-state index in [0.717, 1.165) is 11.6 Å². The van der Waals surface area contributed by atoms with Gasteiger partial charge in [-0.15, -0.1) is 0 Å². The number of hydrogen-bond acceptors (Lipinski definition) is 1. The molecule has 1 N–H and O–H groups in total. The normalized spacial score (nSPS) is 9.25. The van der Waals surface area contributed by atoms with Gasteiger partial charge >= 0.3 is 5.97 Å². The van der Waals surface area contributed by atoms with Crippen LogP contribution in [0.1, 0.15) is 19.4 Å². The zero-order valence-electron chi connectivity index (χ0n) is 9.53. The predicted molar refractivity (Wildman–Crippen MR) is 63.3 cm³/mol. The van der Waals surface area contributed by atoms with Gasteiger partial charge in [-0.05, 0) is 11.6 Å². The average molecular weight is 261 g/mol. The largest absolute Gasteiger partial charge is 0.478 e. The van der Waals surface area contributed by atoms with Gasteiger partial charge in [0.1, 0.15) is 0 Å². The molecule has 0 unspecified atom stereocenters. The van der Waals surface area contributed by atoms with Gasteiger partial charge in [0.2, 0.25) is 0 Å². The van der Waals surface area contributed by atoms with Crippen molar-refractivity contribution >= 4 is 12.0 Å². The minimum absolute atomic E-state index is 0. The minimum Gasteiger partial charge on any atom is -0.478 e. The molecule has 0 aliphatic heterocycles. The Morgan fingerprint density at radius 3 is 2.12 bits per heavy atom. The first-order valence-corrected chi connectivity index (χ1v) is 4.81. The van der Waals surface area contributed by atoms with Crippen molar-refractivity contribution in [1.82, 2.24) is 0 Å². The number of benzene rings is 1. The number of carboxylic acid groups (broad SMARTS) is 1. The summed E-state index contributed by atoms with van der Waals surface area (Å²) >= 11 is 0. The minimum atomic E-state index is -0.922. The average Bonchev–Trinajstić information content (AvgIpc) is 2.15. The maximum atomic E-state index is 10.1. The Morgan fingerprint density at radius 2 is 1.75 bits per heavy atom. The van der Waals surface area contributed by atoms with Gasteiger partial charge in [0.25, 0.3) is 0 Å². The van der Waals surface area contributed by atoms with Crippen LogP contribution in [0.4, 0.5) is 0 Å². The van der Waals surface area contributed by atoms with Crippen LogP contribution in [0.15, 0.2) is 36.4 Å². The van der Waals surface area contributed by atoms with E-state index in [1.165, 1.54) is 0 Å². The molecule has 1 rings (SSSR count). The molecule has 90 valence electrons. The van der Waals surface area contributed by atoms with Crippen LogP contribution >= 0.6 is 0 Å². The molecule has 0 bridgehead atoms. The van der Waals surface area contributed by atoms with E-state index in [4.69, 9.17) is 5.11 Å². The van der Waals surface area contributed by atoms with E-state index >= 15 is 0 Å². The van der Waals surface area contributed by atoms with Crippen molar-refractivity contribution in [2.45, 2.75) is 13.8 Å². The van der Waals surface area contributed by atoms with Crippen molar-refractivity contribution in [3.05, 3.63) is 48.9 Å². The summed E-state index contributed by atoms with van der Waals surface area (Å²) in [6, 6.07) is 9.31. The van der Waals surface area contributed by atoms with Crippen molar-refractivity contribution in [3.8, 4) is 0 Å². The van der Waals surface area contributed by atoms with Crippen LogP contribution in [-0.2, 0) is 21.9 Å². The van der Waals surface area contributed by atoms with E-state index in [-0.39, 0.29) is 17.1 Å². The van der Waals surface area contributed by atoms with Crippen molar-refractivity contribution in [1.29, 1.82) is 0 Å². The van der Waals surface area contributed by atoms with E-state index in [0.29, 0.717) is 5.92 Å². The molecule has 0 aromatic heterocycles. The maximum Gasteiger partial charge on any atom is 0.328 e. The summed E-state index contributed by atoms with van der Waals surface area (Å²) in [5.74, 6) is -0.339. The third-order valence-corrected chi connectivity index (χ3v) is 1.22. The standard InChI is InChI=1S/C9H8O2.C4H9.Fe/c10-9(11)7-6-8-4-2-1-3-5-8;1-4(2)3;/h1-7H,(H,10,11);4H,1H2,2-3H3;/q;-1;/b7-6+;;. The molecule has 0 heterocycles. The Bertz CT molecular complexity index is 302. The summed E-state index contributed by atoms with van der Waals surface area (Å²) in [5.41, 5.74) is 0.898. The quantitative estimate of drug-likeness (QED) is 0.504. The number of rotatable bonds is 2. The smallest absolute Gasteiger partial charge is 0.328 e. The van der Waals surface area contributed by atoms with Gasteiger partial charge in [0.05, 0.1) is 0 Å². The van der Waals surface area contributed by atoms with Crippen LogP contribution in [0, 0.1) is 12.8 Å². The van der Waals surface area contributed by atoms with E-state index in [9.17, 15) is 4.79 Å². The molecule has 2 nitrogen and oxygen atoms in total. The molecule has 0 atom stereocenters. The van der Waals surface area contributed by atoms with Gasteiger partial charge in [0.15, 0.2) is 0 Å². The van der Waals surface area contributed by atoms with Gasteiger partial charge in [-0.25, -0.2) is 4.79 Å². The number of carboxylic acids is 1. The second kappa shape index (κ2) is 10.5. The van der Waals surface area contributed by atoms with E-state index < -0.39 is 5.97 Å². The first-order valence-electron chi connectivity index (χ1n) is 4.81. The second-order valence-corrected chi connectivity index (χ2v) is 3.48. The molecule has 3 heteroatoms. The summed E-state index contributed by atoms with van der Waals surface area (Å²) in [4.78, 5) is 10.1. The van der Waals surface area contributed by atoms with E-state index in [1.54, 1.807) is 6.08 Å². The van der Waals surface area contributed by atoms with Gasteiger partial charge < -0.3 is 12.0 Å². The molecule has 0 aliphatic rings. The van der Waals surface area contributed by atoms with E-state index in [2.05, 4.69) is 20.8 Å². The first-order chi connectivity index (χ1) is 7.02. The summed E-state index contributed by atoms with van der Waals surface area (Å²) in [6.07, 6.45) is 2.68. The summed E-state index contributed by atoms with van der Waals surface area (Å²) in [5, 5.41) is 8.29. The fourth-order valence-electron chi connectivity index (χ4n) is 0.732. The molecule has 0 amide bonds. The fraction of sp³-hybridized carbons (Fsp3) is 0.231. The molecule has 0 spiro atoms. The van der Waals surface area contributed by atoms with Crippen molar-refractivity contribution < 1.29 is 27.0 Å². The Labute approximate surface area is 108 Å². The van der Waals surface area contributed by atoms with Crippen LogP contribution in [0.2, 0.25) is 0 Å². The zero-order chi connectivity index (χ0) is 11.7. The molecule has 1 aromatic carbocycles. The third kappa shape index (κ3) is 12.9. The van der Waals surface area contributed by atoms with Gasteiger partial charge in [0, 0.05) is 23.1 Å². The summed E-state index contributed by atoms with van der Waals surface area (Å²) < 4.78 is 0. The first kappa shape index (κ1) is 17.3. The van der Waals surface area contributed by atoms with Crippen LogP contribution in [0.25, 0.3) is 6.08 Å². The summed E-state index contributed by atoms with van der Waals surface area (Å²) in [7, 11) is 0. The topological polar surface area (TPSA) is 37.3 Å². The van der Waals surface area contributed by atoms with Crippen LogP contribution < -0.4 is 0 Å². The number of aliphatic carboxylic acids is 1. The maximum absolute atomic E-state index is 10.1. The molecule has 0 saturated heterocycles. The molecule has 0 saturated carbocycles. The van der Waals surface area contributed by atoms with Crippen molar-refractivity contribution in [2.75, 3.05) is 0 Å². The number of carbonyl (C=O) groups is 1. The molecular formula is C13H17FeO2-. The van der Waals surface area contributed by atoms with Gasteiger partial charge in [-0.3, -0.25) is 0 Å². The van der Waals surface area contributed by atoms with Crippen LogP contribution in [0.5, 0.6) is 0 Å². The third-order valence-electron chi connectivity index (χ3n) is 1.22. The molecular weight excluding hydrogens is 244 g/mol. The monoisotopic (exact) mass is 261 g/mol. The Balaban J connectivity index is 0. The molecule has 1 aromatic rings. The van der Waals surface area contributed by atoms with Crippen molar-refractivity contribution in [2.24, 2.45) is 5.92 Å². The molecule has 0 aliphatic carbocycles. The Kier molecular flexibility index (Phi) is 11.3. The van der Waals surface area contributed by atoms with Gasteiger partial charge in [-0.2, -0.15) is 5.92 Å². The molecule has 16 heavy (non-hydrogen) atoms. The number of hydrogen-bond donors (Lipinski definition) is 1. The predicted octanol–water partition coefficient (Wildman–Crippen LogP) is 3.26. The zero-order valence-corrected chi connectivity index (χ0v) is 10.6. The van der Waals surface area contributed by atoms with Crippen molar-refractivity contribution in [3.63, 3.8) is 0 Å². The fourth-order valence-corrected chi connectivity index (χ4v) is 0.732. The Hall–Kier alpha value is -1.05. The molecule has 0 radical (unpaired) electrons. The summed E-state index contributed by atoms with van der Waals surface area (Å²) in [6.45, 7) is 7.75.